The fourth-order valence-corrected chi connectivity index (χ4v) is 2.70. The van der Waals surface area contributed by atoms with Gasteiger partial charge in [0.2, 0.25) is 5.91 Å². The lowest BCUT2D eigenvalue weighted by molar-refractivity contribution is -0.132. The highest BCUT2D eigenvalue weighted by molar-refractivity contribution is 5.97. The van der Waals surface area contributed by atoms with Gasteiger partial charge in [0.15, 0.2) is 0 Å². The van der Waals surface area contributed by atoms with Gasteiger partial charge in [0.1, 0.15) is 18.1 Å². The van der Waals surface area contributed by atoms with Gasteiger partial charge in [-0.2, -0.15) is 0 Å². The molecule has 1 N–H and O–H groups in total. The Morgan fingerprint density at radius 1 is 1.29 bits per heavy atom. The Morgan fingerprint density at radius 3 is 2.33 bits per heavy atom. The number of aliphatic hydroxyl groups is 1. The van der Waals surface area contributed by atoms with E-state index in [9.17, 15) is 14.7 Å². The number of imide groups is 1. The van der Waals surface area contributed by atoms with Crippen LogP contribution in [0.2, 0.25) is 0 Å². The molecule has 2 amide bonds. The first-order valence-corrected chi connectivity index (χ1v) is 7.76. The van der Waals surface area contributed by atoms with E-state index in [0.29, 0.717) is 17.1 Å². The van der Waals surface area contributed by atoms with Crippen LogP contribution in [-0.4, -0.2) is 55.5 Å². The minimum Gasteiger partial charge on any atom is -0.497 e. The average molecular weight is 337 g/mol. The van der Waals surface area contributed by atoms with Gasteiger partial charge in [0, 0.05) is 6.07 Å². The second kappa shape index (κ2) is 7.53. The number of carbonyl (C=O) groups excluding carboxylic acids is 2. The predicted molar refractivity (Wildman–Crippen MR) is 86.2 cm³/mol. The summed E-state index contributed by atoms with van der Waals surface area (Å²) in [6, 6.07) is 4.62. The van der Waals surface area contributed by atoms with Crippen LogP contribution in [0.5, 0.6) is 11.5 Å². The van der Waals surface area contributed by atoms with E-state index >= 15 is 0 Å². The first kappa shape index (κ1) is 18.1. The molecule has 2 atom stereocenters. The van der Waals surface area contributed by atoms with Crippen LogP contribution in [0.1, 0.15) is 25.3 Å². The molecule has 132 valence electrons. The maximum Gasteiger partial charge on any atom is 0.417 e. The Balaban J connectivity index is 2.37. The summed E-state index contributed by atoms with van der Waals surface area (Å²) in [6.45, 7) is 3.55. The summed E-state index contributed by atoms with van der Waals surface area (Å²) in [6.07, 6.45) is -0.674. The van der Waals surface area contributed by atoms with E-state index in [-0.39, 0.29) is 18.6 Å². The number of cyclic esters (lactones) is 1. The molecule has 0 spiro atoms. The van der Waals surface area contributed by atoms with E-state index in [4.69, 9.17) is 14.2 Å². The lowest BCUT2D eigenvalue weighted by Gasteiger charge is -2.26. The second-order valence-corrected chi connectivity index (χ2v) is 5.98. The first-order valence-electron chi connectivity index (χ1n) is 7.76. The fraction of sp³-hybridized carbons (Fsp3) is 0.529. The Bertz CT molecular complexity index is 593. The van der Waals surface area contributed by atoms with Crippen LogP contribution in [0.15, 0.2) is 18.2 Å². The summed E-state index contributed by atoms with van der Waals surface area (Å²) in [4.78, 5) is 26.0. The number of ether oxygens (including phenoxy) is 3. The maximum absolute atomic E-state index is 12.9. The molecule has 2 rings (SSSR count). The monoisotopic (exact) mass is 337 g/mol. The molecule has 1 aromatic rings. The summed E-state index contributed by atoms with van der Waals surface area (Å²) in [5, 5.41) is 9.77. The Hall–Kier alpha value is -2.28. The van der Waals surface area contributed by atoms with Gasteiger partial charge in [-0.25, -0.2) is 9.69 Å². The highest BCUT2D eigenvalue weighted by Gasteiger charge is 2.42. The third-order valence-corrected chi connectivity index (χ3v) is 4.17. The van der Waals surface area contributed by atoms with Crippen LogP contribution in [0.3, 0.4) is 0 Å². The Kier molecular flexibility index (Phi) is 5.66. The van der Waals surface area contributed by atoms with Crippen molar-refractivity contribution in [2.24, 2.45) is 5.92 Å². The zero-order valence-electron chi connectivity index (χ0n) is 14.3. The number of amides is 2. The molecular weight excluding hydrogens is 314 g/mol. The van der Waals surface area contributed by atoms with E-state index in [1.54, 1.807) is 18.2 Å². The standard InChI is InChI=1S/C17H23NO6/c1-10(2)15-9-24-17(21)18(15)16(20)14(8-19)11-5-12(22-3)7-13(6-11)23-4/h5-7,10,14-15,19H,8-9H2,1-4H3/t14-,15+/m0/s1. The van der Waals surface area contributed by atoms with Crippen LogP contribution < -0.4 is 9.47 Å². The minimum absolute atomic E-state index is 0.0552. The molecule has 1 saturated heterocycles. The number of rotatable bonds is 6. The van der Waals surface area contributed by atoms with Crippen molar-refractivity contribution in [3.05, 3.63) is 23.8 Å². The van der Waals surface area contributed by atoms with Crippen LogP contribution >= 0.6 is 0 Å². The van der Waals surface area contributed by atoms with Crippen LogP contribution in [-0.2, 0) is 9.53 Å². The maximum atomic E-state index is 12.9. The quantitative estimate of drug-likeness (QED) is 0.852. The molecular formula is C17H23NO6. The van der Waals surface area contributed by atoms with Gasteiger partial charge in [-0.1, -0.05) is 13.8 Å². The number of methoxy groups -OCH3 is 2. The summed E-state index contributed by atoms with van der Waals surface area (Å²) < 4.78 is 15.4. The van der Waals surface area contributed by atoms with Crippen molar-refractivity contribution in [2.45, 2.75) is 25.8 Å². The minimum atomic E-state index is -0.902. The lowest BCUT2D eigenvalue weighted by atomic mass is 9.96. The van der Waals surface area contributed by atoms with Crippen molar-refractivity contribution >= 4 is 12.0 Å². The molecule has 0 saturated carbocycles. The van der Waals surface area contributed by atoms with Gasteiger partial charge < -0.3 is 19.3 Å². The van der Waals surface area contributed by atoms with Gasteiger partial charge in [-0.3, -0.25) is 4.79 Å². The molecule has 0 aromatic heterocycles. The number of carbonyl (C=O) groups is 2. The molecule has 7 heteroatoms. The molecule has 1 aromatic carbocycles. The SMILES string of the molecule is COc1cc(OC)cc([C@H](CO)C(=O)N2C(=O)OC[C@@H]2C(C)C)c1. The summed E-state index contributed by atoms with van der Waals surface area (Å²) >= 11 is 0. The van der Waals surface area contributed by atoms with Crippen LogP contribution in [0.25, 0.3) is 0 Å². The van der Waals surface area contributed by atoms with E-state index in [0.717, 1.165) is 4.90 Å². The van der Waals surface area contributed by atoms with Gasteiger partial charge in [-0.15, -0.1) is 0 Å². The molecule has 1 heterocycles. The molecule has 0 aliphatic carbocycles. The van der Waals surface area contributed by atoms with Crippen molar-refractivity contribution < 1.29 is 28.9 Å². The Morgan fingerprint density at radius 2 is 1.88 bits per heavy atom. The third-order valence-electron chi connectivity index (χ3n) is 4.17. The largest absolute Gasteiger partial charge is 0.497 e. The first-order chi connectivity index (χ1) is 11.4. The summed E-state index contributed by atoms with van der Waals surface area (Å²) in [5.41, 5.74) is 0.515. The van der Waals surface area contributed by atoms with E-state index in [2.05, 4.69) is 0 Å². The van der Waals surface area contributed by atoms with Crippen molar-refractivity contribution in [1.82, 2.24) is 4.90 Å². The molecule has 24 heavy (non-hydrogen) atoms. The van der Waals surface area contributed by atoms with Crippen molar-refractivity contribution in [3.63, 3.8) is 0 Å². The van der Waals surface area contributed by atoms with Gasteiger partial charge in [-0.05, 0) is 23.6 Å². The number of hydrogen-bond acceptors (Lipinski definition) is 6. The lowest BCUT2D eigenvalue weighted by Crippen LogP contribution is -2.44. The Labute approximate surface area is 141 Å². The smallest absolute Gasteiger partial charge is 0.417 e. The molecule has 7 nitrogen and oxygen atoms in total. The van der Waals surface area contributed by atoms with Crippen LogP contribution in [0.4, 0.5) is 4.79 Å². The summed E-state index contributed by atoms with van der Waals surface area (Å²) in [7, 11) is 3.00. The molecule has 0 radical (unpaired) electrons. The predicted octanol–water partition coefficient (Wildman–Crippen LogP) is 1.78. The normalized spacial score (nSPS) is 18.5. The molecule has 1 aliphatic heterocycles. The number of hydrogen-bond donors (Lipinski definition) is 1. The molecule has 0 bridgehead atoms. The third kappa shape index (κ3) is 3.46. The summed E-state index contributed by atoms with van der Waals surface area (Å²) in [5.74, 6) is -0.338. The van der Waals surface area contributed by atoms with Crippen molar-refractivity contribution in [3.8, 4) is 11.5 Å². The topological polar surface area (TPSA) is 85.3 Å². The highest BCUT2D eigenvalue weighted by Crippen LogP contribution is 2.31. The van der Waals surface area contributed by atoms with E-state index in [1.807, 2.05) is 13.8 Å². The van der Waals surface area contributed by atoms with Crippen molar-refractivity contribution in [1.29, 1.82) is 0 Å². The highest BCUT2D eigenvalue weighted by atomic mass is 16.6. The molecule has 0 unspecified atom stereocenters. The second-order valence-electron chi connectivity index (χ2n) is 5.98. The van der Waals surface area contributed by atoms with Crippen molar-refractivity contribution in [2.75, 3.05) is 27.4 Å². The van der Waals surface area contributed by atoms with Gasteiger partial charge >= 0.3 is 6.09 Å². The fourth-order valence-electron chi connectivity index (χ4n) is 2.70. The number of aliphatic hydroxyl groups excluding tert-OH is 1. The molecule has 1 fully saturated rings. The zero-order chi connectivity index (χ0) is 17.9. The number of nitrogens with zero attached hydrogens (tertiary/aromatic N) is 1. The van der Waals surface area contributed by atoms with Gasteiger partial charge in [0.25, 0.3) is 0 Å². The number of benzene rings is 1. The van der Waals surface area contributed by atoms with E-state index in [1.165, 1.54) is 14.2 Å². The van der Waals surface area contributed by atoms with Gasteiger partial charge in [0.05, 0.1) is 32.8 Å². The molecule has 1 aliphatic rings. The average Bonchev–Trinajstić information content (AvgIpc) is 2.96. The zero-order valence-corrected chi connectivity index (χ0v) is 14.3. The van der Waals surface area contributed by atoms with E-state index < -0.39 is 24.5 Å². The van der Waals surface area contributed by atoms with Crippen LogP contribution in [0, 0.1) is 5.92 Å².